The molecule has 1 aromatic carbocycles. The number of aromatic amines is 1. The third kappa shape index (κ3) is 3.19. The van der Waals surface area contributed by atoms with Crippen molar-refractivity contribution >= 4 is 33.9 Å². The maximum Gasteiger partial charge on any atom is 0.244 e. The summed E-state index contributed by atoms with van der Waals surface area (Å²) in [5, 5.41) is 7.29. The molecule has 4 nitrogen and oxygen atoms in total. The fraction of sp³-hybridized carbons (Fsp3) is 0.222. The molecule has 23 heavy (non-hydrogen) atoms. The van der Waals surface area contributed by atoms with E-state index in [1.807, 2.05) is 37.4 Å². The van der Waals surface area contributed by atoms with Gasteiger partial charge in [-0.2, -0.15) is 5.10 Å². The Hall–Kier alpha value is -2.40. The van der Waals surface area contributed by atoms with Crippen molar-refractivity contribution in [3.05, 3.63) is 57.4 Å². The number of amides is 1. The Morgan fingerprint density at radius 2 is 2.09 bits per heavy atom. The maximum absolute atomic E-state index is 12.2. The smallest absolute Gasteiger partial charge is 0.244 e. The number of rotatable bonds is 4. The molecule has 0 spiro atoms. The molecule has 5 heteroatoms. The predicted octanol–water partition coefficient (Wildman–Crippen LogP) is 3.93. The van der Waals surface area contributed by atoms with Crippen molar-refractivity contribution in [1.29, 1.82) is 0 Å². The molecular formula is C18H19N3OS. The van der Waals surface area contributed by atoms with Crippen LogP contribution in [0.15, 0.2) is 40.8 Å². The number of thiophene rings is 1. The average molecular weight is 325 g/mol. The van der Waals surface area contributed by atoms with E-state index in [2.05, 4.69) is 34.6 Å². The lowest BCUT2D eigenvalue weighted by Gasteiger charge is -2.03. The lowest BCUT2D eigenvalue weighted by molar-refractivity contribution is -0.120. The highest BCUT2D eigenvalue weighted by molar-refractivity contribution is 7.12. The van der Waals surface area contributed by atoms with Crippen LogP contribution in [0.1, 0.15) is 28.6 Å². The Kier molecular flexibility index (Phi) is 4.30. The molecule has 0 bridgehead atoms. The molecule has 2 heterocycles. The van der Waals surface area contributed by atoms with Crippen molar-refractivity contribution in [2.75, 3.05) is 0 Å². The molecule has 0 fully saturated rings. The fourth-order valence-corrected chi connectivity index (χ4v) is 3.34. The third-order valence-corrected chi connectivity index (χ3v) is 4.91. The molecule has 0 saturated carbocycles. The summed E-state index contributed by atoms with van der Waals surface area (Å²) < 4.78 is 0. The Labute approximate surface area is 139 Å². The van der Waals surface area contributed by atoms with E-state index in [4.69, 9.17) is 0 Å². The van der Waals surface area contributed by atoms with Crippen molar-refractivity contribution < 1.29 is 4.79 Å². The molecule has 1 amide bonds. The van der Waals surface area contributed by atoms with E-state index < -0.39 is 0 Å². The minimum atomic E-state index is -0.105. The van der Waals surface area contributed by atoms with E-state index in [0.717, 1.165) is 32.7 Å². The van der Waals surface area contributed by atoms with Crippen LogP contribution in [0.5, 0.6) is 0 Å². The van der Waals surface area contributed by atoms with Gasteiger partial charge in [0, 0.05) is 21.5 Å². The number of hydrogen-bond acceptors (Lipinski definition) is 3. The molecule has 118 valence electrons. The molecule has 0 saturated heterocycles. The van der Waals surface area contributed by atoms with Crippen LogP contribution in [0.2, 0.25) is 0 Å². The van der Waals surface area contributed by atoms with Gasteiger partial charge in [-0.15, -0.1) is 11.3 Å². The summed E-state index contributed by atoms with van der Waals surface area (Å²) in [5.41, 5.74) is 7.83. The Morgan fingerprint density at radius 3 is 2.83 bits per heavy atom. The van der Waals surface area contributed by atoms with Crippen LogP contribution in [-0.2, 0) is 11.2 Å². The number of nitrogens with one attached hydrogen (secondary N) is 2. The topological polar surface area (TPSA) is 57.2 Å². The second-order valence-electron chi connectivity index (χ2n) is 5.61. The molecule has 0 aliphatic heterocycles. The Balaban J connectivity index is 1.77. The van der Waals surface area contributed by atoms with Crippen LogP contribution in [-0.4, -0.2) is 16.6 Å². The van der Waals surface area contributed by atoms with Crippen LogP contribution in [0, 0.1) is 13.8 Å². The lowest BCUT2D eigenvalue weighted by Crippen LogP contribution is -2.21. The number of H-pyrrole nitrogens is 1. The molecule has 0 unspecified atom stereocenters. The van der Waals surface area contributed by atoms with Gasteiger partial charge in [-0.1, -0.05) is 24.3 Å². The number of hydrogen-bond donors (Lipinski definition) is 2. The molecule has 2 N–H and O–H groups in total. The van der Waals surface area contributed by atoms with E-state index in [1.54, 1.807) is 11.3 Å². The predicted molar refractivity (Wildman–Crippen MR) is 96.1 cm³/mol. The van der Waals surface area contributed by atoms with Gasteiger partial charge in [0.25, 0.3) is 0 Å². The van der Waals surface area contributed by atoms with Crippen LogP contribution >= 0.6 is 11.3 Å². The molecule has 0 aliphatic rings. The SMILES string of the molecule is C/C(=N/NC(=O)Cc1c(C)[nH]c2c(C)cccc12)c1cccs1. The molecule has 0 aliphatic carbocycles. The summed E-state index contributed by atoms with van der Waals surface area (Å²) in [7, 11) is 0. The first-order valence-corrected chi connectivity index (χ1v) is 8.38. The van der Waals surface area contributed by atoms with Gasteiger partial charge >= 0.3 is 0 Å². The molecular weight excluding hydrogens is 306 g/mol. The summed E-state index contributed by atoms with van der Waals surface area (Å²) in [6.45, 7) is 5.96. The highest BCUT2D eigenvalue weighted by Crippen LogP contribution is 2.25. The highest BCUT2D eigenvalue weighted by atomic mass is 32.1. The van der Waals surface area contributed by atoms with Crippen molar-refractivity contribution in [3.8, 4) is 0 Å². The molecule has 3 rings (SSSR count). The number of carbonyl (C=O) groups is 1. The lowest BCUT2D eigenvalue weighted by atomic mass is 10.1. The number of aromatic nitrogens is 1. The van der Waals surface area contributed by atoms with E-state index in [1.165, 1.54) is 5.56 Å². The van der Waals surface area contributed by atoms with Crippen molar-refractivity contribution in [1.82, 2.24) is 10.4 Å². The van der Waals surface area contributed by atoms with Crippen LogP contribution in [0.25, 0.3) is 10.9 Å². The second-order valence-corrected chi connectivity index (χ2v) is 6.56. The number of hydrazone groups is 1. The van der Waals surface area contributed by atoms with Gasteiger partial charge in [0.1, 0.15) is 0 Å². The third-order valence-electron chi connectivity index (χ3n) is 3.93. The number of para-hydroxylation sites is 1. The number of carbonyl (C=O) groups excluding carboxylic acids is 1. The molecule has 2 aromatic heterocycles. The van der Waals surface area contributed by atoms with E-state index in [-0.39, 0.29) is 5.91 Å². The van der Waals surface area contributed by atoms with E-state index >= 15 is 0 Å². The van der Waals surface area contributed by atoms with Gasteiger partial charge in [-0.25, -0.2) is 5.43 Å². The number of aryl methyl sites for hydroxylation is 2. The van der Waals surface area contributed by atoms with Gasteiger partial charge in [-0.3, -0.25) is 4.79 Å². The normalized spacial score (nSPS) is 11.9. The van der Waals surface area contributed by atoms with Gasteiger partial charge in [0.15, 0.2) is 0 Å². The zero-order valence-corrected chi connectivity index (χ0v) is 14.3. The summed E-state index contributed by atoms with van der Waals surface area (Å²) in [5.74, 6) is -0.105. The first kappa shape index (κ1) is 15.5. The largest absolute Gasteiger partial charge is 0.358 e. The molecule has 0 atom stereocenters. The quantitative estimate of drug-likeness (QED) is 0.554. The van der Waals surface area contributed by atoms with Crippen LogP contribution in [0.3, 0.4) is 0 Å². The number of nitrogens with zero attached hydrogens (tertiary/aromatic N) is 1. The zero-order valence-electron chi connectivity index (χ0n) is 13.4. The van der Waals surface area contributed by atoms with E-state index in [9.17, 15) is 4.79 Å². The summed E-state index contributed by atoms with van der Waals surface area (Å²) in [4.78, 5) is 16.7. The summed E-state index contributed by atoms with van der Waals surface area (Å²) >= 11 is 1.61. The monoisotopic (exact) mass is 325 g/mol. The first-order valence-electron chi connectivity index (χ1n) is 7.50. The van der Waals surface area contributed by atoms with Crippen molar-refractivity contribution in [2.24, 2.45) is 5.10 Å². The Morgan fingerprint density at radius 1 is 1.26 bits per heavy atom. The van der Waals surface area contributed by atoms with Gasteiger partial charge < -0.3 is 4.98 Å². The zero-order chi connectivity index (χ0) is 16.4. The second kappa shape index (κ2) is 6.38. The molecule has 3 aromatic rings. The van der Waals surface area contributed by atoms with Crippen molar-refractivity contribution in [2.45, 2.75) is 27.2 Å². The maximum atomic E-state index is 12.2. The first-order chi connectivity index (χ1) is 11.1. The van der Waals surface area contributed by atoms with Gasteiger partial charge in [-0.05, 0) is 43.3 Å². The highest BCUT2D eigenvalue weighted by Gasteiger charge is 2.13. The average Bonchev–Trinajstić information content (AvgIpc) is 3.16. The summed E-state index contributed by atoms with van der Waals surface area (Å²) in [6, 6.07) is 10.1. The summed E-state index contributed by atoms with van der Waals surface area (Å²) in [6.07, 6.45) is 0.316. The van der Waals surface area contributed by atoms with Crippen LogP contribution in [0.4, 0.5) is 0 Å². The fourth-order valence-electron chi connectivity index (χ4n) is 2.66. The van der Waals surface area contributed by atoms with Crippen molar-refractivity contribution in [3.63, 3.8) is 0 Å². The van der Waals surface area contributed by atoms with Crippen LogP contribution < -0.4 is 5.43 Å². The number of fused-ring (bicyclic) bond motifs is 1. The molecule has 0 radical (unpaired) electrons. The minimum absolute atomic E-state index is 0.105. The minimum Gasteiger partial charge on any atom is -0.358 e. The standard InChI is InChI=1S/C18H19N3OS/c1-11-6-4-7-14-15(12(2)19-18(11)14)10-17(22)21-20-13(3)16-8-5-9-23-16/h4-9,19H,10H2,1-3H3,(H,21,22)/b20-13-. The number of benzene rings is 1. The Bertz CT molecular complexity index is 875. The van der Waals surface area contributed by atoms with E-state index in [0.29, 0.717) is 6.42 Å². The van der Waals surface area contributed by atoms with Gasteiger partial charge in [0.2, 0.25) is 5.91 Å². The van der Waals surface area contributed by atoms with Gasteiger partial charge in [0.05, 0.1) is 12.1 Å².